The summed E-state index contributed by atoms with van der Waals surface area (Å²) in [5, 5.41) is 10.5. The maximum absolute atomic E-state index is 6.02. The number of nitrogens with zero attached hydrogens (tertiary/aromatic N) is 3. The lowest BCUT2D eigenvalue weighted by Gasteiger charge is -2.16. The van der Waals surface area contributed by atoms with Crippen LogP contribution in [0.5, 0.6) is 5.75 Å². The lowest BCUT2D eigenvalue weighted by atomic mass is 10.1. The van der Waals surface area contributed by atoms with Gasteiger partial charge in [-0.05, 0) is 37.1 Å². The molecule has 1 aromatic carbocycles. The van der Waals surface area contributed by atoms with E-state index in [1.54, 1.807) is 7.11 Å². The van der Waals surface area contributed by atoms with E-state index in [1.165, 1.54) is 38.5 Å². The van der Waals surface area contributed by atoms with E-state index < -0.39 is 0 Å². The van der Waals surface area contributed by atoms with Gasteiger partial charge in [-0.3, -0.25) is 5.10 Å². The van der Waals surface area contributed by atoms with Crippen molar-refractivity contribution in [1.29, 1.82) is 0 Å². The largest absolute Gasteiger partial charge is 0.497 e. The van der Waals surface area contributed by atoms with E-state index in [2.05, 4.69) is 25.5 Å². The minimum absolute atomic E-state index is 0. The summed E-state index contributed by atoms with van der Waals surface area (Å²) in [7, 11) is 1.64. The van der Waals surface area contributed by atoms with Crippen molar-refractivity contribution in [3.05, 3.63) is 30.1 Å². The molecule has 0 aliphatic heterocycles. The van der Waals surface area contributed by atoms with Crippen LogP contribution in [0.3, 0.4) is 0 Å². The molecule has 26 heavy (non-hydrogen) atoms. The Bertz CT molecular complexity index is 692. The number of guanidine groups is 1. The monoisotopic (exact) mass is 470 g/mol. The molecule has 4 N–H and O–H groups in total. The van der Waals surface area contributed by atoms with E-state index in [9.17, 15) is 0 Å². The molecule has 1 saturated carbocycles. The van der Waals surface area contributed by atoms with Crippen LogP contribution in [0.1, 0.15) is 44.3 Å². The predicted molar refractivity (Wildman–Crippen MR) is 114 cm³/mol. The van der Waals surface area contributed by atoms with Gasteiger partial charge in [0.1, 0.15) is 18.1 Å². The second-order valence-electron chi connectivity index (χ2n) is 6.37. The Morgan fingerprint density at radius 1 is 1.23 bits per heavy atom. The third-order valence-corrected chi connectivity index (χ3v) is 4.49. The summed E-state index contributed by atoms with van der Waals surface area (Å²) in [6.07, 6.45) is 7.50. The summed E-state index contributed by atoms with van der Waals surface area (Å²) in [6.45, 7) is 0.384. The smallest absolute Gasteiger partial charge is 0.189 e. The number of rotatable bonds is 5. The van der Waals surface area contributed by atoms with Crippen LogP contribution in [-0.4, -0.2) is 34.3 Å². The van der Waals surface area contributed by atoms with Crippen molar-refractivity contribution in [3.8, 4) is 17.1 Å². The molecule has 1 aliphatic carbocycles. The number of H-pyrrole nitrogens is 1. The first kappa shape index (κ1) is 20.5. The van der Waals surface area contributed by atoms with Gasteiger partial charge in [-0.15, -0.1) is 24.0 Å². The van der Waals surface area contributed by atoms with Crippen LogP contribution in [-0.2, 0) is 6.54 Å². The molecular formula is C18H27IN6O. The molecule has 0 bridgehead atoms. The van der Waals surface area contributed by atoms with Crippen molar-refractivity contribution in [2.45, 2.75) is 51.1 Å². The molecule has 0 atom stereocenters. The fourth-order valence-electron chi connectivity index (χ4n) is 3.07. The second kappa shape index (κ2) is 10.3. The number of benzene rings is 1. The quantitative estimate of drug-likeness (QED) is 0.270. The van der Waals surface area contributed by atoms with Crippen LogP contribution in [0.25, 0.3) is 11.4 Å². The molecule has 7 nitrogen and oxygen atoms in total. The second-order valence-corrected chi connectivity index (χ2v) is 6.37. The summed E-state index contributed by atoms with van der Waals surface area (Å²) in [4.78, 5) is 8.85. The third kappa shape index (κ3) is 5.86. The Hall–Kier alpha value is -1.84. The summed E-state index contributed by atoms with van der Waals surface area (Å²) in [6, 6.07) is 8.07. The molecular weight excluding hydrogens is 443 g/mol. The Morgan fingerprint density at radius 2 is 1.92 bits per heavy atom. The lowest BCUT2D eigenvalue weighted by Crippen LogP contribution is -2.39. The fraction of sp³-hybridized carbons (Fsp3) is 0.500. The van der Waals surface area contributed by atoms with Crippen LogP contribution in [0, 0.1) is 0 Å². The van der Waals surface area contributed by atoms with Gasteiger partial charge < -0.3 is 15.8 Å². The highest BCUT2D eigenvalue weighted by Crippen LogP contribution is 2.19. The third-order valence-electron chi connectivity index (χ3n) is 4.49. The highest BCUT2D eigenvalue weighted by molar-refractivity contribution is 14.0. The number of aromatic nitrogens is 3. The molecule has 2 aromatic rings. The summed E-state index contributed by atoms with van der Waals surface area (Å²) >= 11 is 0. The van der Waals surface area contributed by atoms with Gasteiger partial charge in [0.05, 0.1) is 7.11 Å². The Kier molecular flexibility index (Phi) is 8.14. The zero-order valence-electron chi connectivity index (χ0n) is 15.1. The van der Waals surface area contributed by atoms with Crippen LogP contribution in [0.15, 0.2) is 29.3 Å². The SMILES string of the molecule is COc1ccc(-c2n[nH]c(CN=C(N)NC3CCCCCC3)n2)cc1.I. The summed E-state index contributed by atoms with van der Waals surface area (Å²) in [5.74, 6) is 2.62. The molecule has 8 heteroatoms. The van der Waals surface area contributed by atoms with E-state index in [-0.39, 0.29) is 24.0 Å². The van der Waals surface area contributed by atoms with Crippen molar-refractivity contribution in [1.82, 2.24) is 20.5 Å². The van der Waals surface area contributed by atoms with Crippen LogP contribution >= 0.6 is 24.0 Å². The van der Waals surface area contributed by atoms with Gasteiger partial charge >= 0.3 is 0 Å². The Labute approximate surface area is 171 Å². The molecule has 0 radical (unpaired) electrons. The van der Waals surface area contributed by atoms with E-state index in [0.29, 0.717) is 30.2 Å². The van der Waals surface area contributed by atoms with Gasteiger partial charge in [-0.25, -0.2) is 9.98 Å². The predicted octanol–water partition coefficient (Wildman–Crippen LogP) is 3.23. The number of aliphatic imine (C=N–C) groups is 1. The average Bonchev–Trinajstić information content (AvgIpc) is 2.97. The molecule has 1 aliphatic rings. The molecule has 0 saturated heterocycles. The normalized spacial score (nSPS) is 15.8. The number of hydrogen-bond acceptors (Lipinski definition) is 4. The van der Waals surface area contributed by atoms with Crippen molar-refractivity contribution < 1.29 is 4.74 Å². The minimum Gasteiger partial charge on any atom is -0.497 e. The van der Waals surface area contributed by atoms with Crippen LogP contribution < -0.4 is 15.8 Å². The molecule has 1 heterocycles. The Balaban J connectivity index is 0.00000243. The zero-order chi connectivity index (χ0) is 17.5. The number of methoxy groups -OCH3 is 1. The van der Waals surface area contributed by atoms with Crippen LogP contribution in [0.4, 0.5) is 0 Å². The highest BCUT2D eigenvalue weighted by atomic mass is 127. The minimum atomic E-state index is 0. The van der Waals surface area contributed by atoms with Crippen molar-refractivity contribution >= 4 is 29.9 Å². The number of nitrogens with one attached hydrogen (secondary N) is 2. The van der Waals surface area contributed by atoms with Gasteiger partial charge in [0.15, 0.2) is 11.8 Å². The molecule has 0 unspecified atom stereocenters. The van der Waals surface area contributed by atoms with E-state index in [0.717, 1.165) is 11.3 Å². The number of aromatic amines is 1. The van der Waals surface area contributed by atoms with Crippen LogP contribution in [0.2, 0.25) is 0 Å². The van der Waals surface area contributed by atoms with E-state index in [4.69, 9.17) is 10.5 Å². The molecule has 3 rings (SSSR count). The fourth-order valence-corrected chi connectivity index (χ4v) is 3.07. The first-order chi connectivity index (χ1) is 12.2. The van der Waals surface area contributed by atoms with E-state index in [1.807, 2.05) is 24.3 Å². The van der Waals surface area contributed by atoms with Gasteiger partial charge in [-0.1, -0.05) is 25.7 Å². The number of nitrogens with two attached hydrogens (primary N) is 1. The maximum Gasteiger partial charge on any atom is 0.189 e. The summed E-state index contributed by atoms with van der Waals surface area (Å²) in [5.41, 5.74) is 6.94. The molecule has 0 amide bonds. The van der Waals surface area contributed by atoms with Gasteiger partial charge in [0, 0.05) is 11.6 Å². The lowest BCUT2D eigenvalue weighted by molar-refractivity contribution is 0.415. The zero-order valence-corrected chi connectivity index (χ0v) is 17.4. The molecule has 1 fully saturated rings. The van der Waals surface area contributed by atoms with Gasteiger partial charge in [-0.2, -0.15) is 5.10 Å². The Morgan fingerprint density at radius 3 is 2.58 bits per heavy atom. The average molecular weight is 470 g/mol. The highest BCUT2D eigenvalue weighted by Gasteiger charge is 2.12. The van der Waals surface area contributed by atoms with E-state index >= 15 is 0 Å². The maximum atomic E-state index is 6.02. The van der Waals surface area contributed by atoms with Gasteiger partial charge in [0.25, 0.3) is 0 Å². The molecule has 142 valence electrons. The first-order valence-electron chi connectivity index (χ1n) is 8.87. The molecule has 1 aromatic heterocycles. The number of ether oxygens (including phenoxy) is 1. The standard InChI is InChI=1S/C18H26N6O.HI/c1-25-15-10-8-13(9-11-15)17-22-16(23-24-17)12-20-18(19)21-14-6-4-2-3-5-7-14;/h8-11,14H,2-7,12H2,1H3,(H3,19,20,21)(H,22,23,24);1H. The van der Waals surface area contributed by atoms with Crippen molar-refractivity contribution in [3.63, 3.8) is 0 Å². The topological polar surface area (TPSA) is 101 Å². The molecule has 0 spiro atoms. The van der Waals surface area contributed by atoms with Gasteiger partial charge in [0.2, 0.25) is 0 Å². The van der Waals surface area contributed by atoms with Crippen molar-refractivity contribution in [2.24, 2.45) is 10.7 Å². The number of halogens is 1. The number of hydrogen-bond donors (Lipinski definition) is 3. The summed E-state index contributed by atoms with van der Waals surface area (Å²) < 4.78 is 5.16. The van der Waals surface area contributed by atoms with Crippen molar-refractivity contribution in [2.75, 3.05) is 7.11 Å². The first-order valence-corrected chi connectivity index (χ1v) is 8.87.